The van der Waals surface area contributed by atoms with E-state index in [-0.39, 0.29) is 5.97 Å². The number of carbonyl (C=O) groups is 1. The van der Waals surface area contributed by atoms with Gasteiger partial charge in [0.15, 0.2) is 0 Å². The van der Waals surface area contributed by atoms with Crippen molar-refractivity contribution in [2.24, 2.45) is 0 Å². The van der Waals surface area contributed by atoms with Gasteiger partial charge in [0.25, 0.3) is 0 Å². The van der Waals surface area contributed by atoms with Crippen LogP contribution in [0.5, 0.6) is 5.88 Å². The maximum atomic E-state index is 11.9. The SMILES string of the molecule is CCCOc1cc(NC(C)(CCC)C(=O)OC)ncn1. The van der Waals surface area contributed by atoms with Crippen molar-refractivity contribution in [3.05, 3.63) is 12.4 Å². The fourth-order valence-corrected chi connectivity index (χ4v) is 1.92. The second kappa shape index (κ2) is 7.67. The van der Waals surface area contributed by atoms with E-state index in [9.17, 15) is 4.79 Å². The monoisotopic (exact) mass is 281 g/mol. The highest BCUT2D eigenvalue weighted by atomic mass is 16.5. The molecule has 112 valence electrons. The fourth-order valence-electron chi connectivity index (χ4n) is 1.92. The summed E-state index contributed by atoms with van der Waals surface area (Å²) in [5.74, 6) is 0.731. The molecule has 1 N–H and O–H groups in total. The molecule has 1 unspecified atom stereocenters. The van der Waals surface area contributed by atoms with Gasteiger partial charge in [-0.25, -0.2) is 14.8 Å². The van der Waals surface area contributed by atoms with Gasteiger partial charge in [-0.3, -0.25) is 0 Å². The third-order valence-electron chi connectivity index (χ3n) is 2.89. The topological polar surface area (TPSA) is 73.3 Å². The lowest BCUT2D eigenvalue weighted by Gasteiger charge is -2.28. The maximum absolute atomic E-state index is 11.9. The largest absolute Gasteiger partial charge is 0.478 e. The molecule has 1 heterocycles. The molecule has 0 amide bonds. The van der Waals surface area contributed by atoms with Gasteiger partial charge in [0.2, 0.25) is 5.88 Å². The van der Waals surface area contributed by atoms with E-state index in [2.05, 4.69) is 15.3 Å². The first-order valence-corrected chi connectivity index (χ1v) is 6.87. The summed E-state index contributed by atoms with van der Waals surface area (Å²) in [6.45, 7) is 6.44. The molecule has 1 aromatic rings. The quantitative estimate of drug-likeness (QED) is 0.738. The van der Waals surface area contributed by atoms with Crippen molar-refractivity contribution in [3.8, 4) is 5.88 Å². The number of nitrogens with one attached hydrogen (secondary N) is 1. The molecule has 0 radical (unpaired) electrons. The summed E-state index contributed by atoms with van der Waals surface area (Å²) in [6.07, 6.45) is 3.82. The van der Waals surface area contributed by atoms with E-state index in [4.69, 9.17) is 9.47 Å². The van der Waals surface area contributed by atoms with Crippen LogP contribution in [0.2, 0.25) is 0 Å². The van der Waals surface area contributed by atoms with Crippen molar-refractivity contribution < 1.29 is 14.3 Å². The molecule has 0 saturated carbocycles. The van der Waals surface area contributed by atoms with Crippen molar-refractivity contribution in [1.29, 1.82) is 0 Å². The van der Waals surface area contributed by atoms with E-state index in [0.717, 1.165) is 12.8 Å². The number of ether oxygens (including phenoxy) is 2. The Labute approximate surface area is 119 Å². The zero-order valence-electron chi connectivity index (χ0n) is 12.6. The summed E-state index contributed by atoms with van der Waals surface area (Å²) < 4.78 is 10.3. The van der Waals surface area contributed by atoms with E-state index in [1.807, 2.05) is 13.8 Å². The van der Waals surface area contributed by atoms with Gasteiger partial charge in [-0.2, -0.15) is 0 Å². The number of rotatable bonds is 8. The number of hydrogen-bond donors (Lipinski definition) is 1. The number of hydrogen-bond acceptors (Lipinski definition) is 6. The minimum Gasteiger partial charge on any atom is -0.478 e. The van der Waals surface area contributed by atoms with Gasteiger partial charge in [0, 0.05) is 6.07 Å². The summed E-state index contributed by atoms with van der Waals surface area (Å²) in [5, 5.41) is 3.12. The van der Waals surface area contributed by atoms with Gasteiger partial charge >= 0.3 is 5.97 Å². The second-order valence-corrected chi connectivity index (χ2v) is 4.79. The van der Waals surface area contributed by atoms with E-state index in [1.165, 1.54) is 13.4 Å². The molecule has 6 heteroatoms. The third-order valence-corrected chi connectivity index (χ3v) is 2.89. The highest BCUT2D eigenvalue weighted by Gasteiger charge is 2.33. The van der Waals surface area contributed by atoms with Crippen LogP contribution in [-0.4, -0.2) is 35.2 Å². The minimum atomic E-state index is -0.806. The van der Waals surface area contributed by atoms with Crippen LogP contribution in [0.4, 0.5) is 5.82 Å². The lowest BCUT2D eigenvalue weighted by molar-refractivity contribution is -0.145. The predicted molar refractivity (Wildman–Crippen MR) is 76.8 cm³/mol. The summed E-state index contributed by atoms with van der Waals surface area (Å²) in [6, 6.07) is 1.69. The van der Waals surface area contributed by atoms with Crippen molar-refractivity contribution in [2.45, 2.75) is 45.6 Å². The lowest BCUT2D eigenvalue weighted by Crippen LogP contribution is -2.44. The molecule has 6 nitrogen and oxygen atoms in total. The van der Waals surface area contributed by atoms with Crippen molar-refractivity contribution in [2.75, 3.05) is 19.0 Å². The Bertz CT molecular complexity index is 439. The van der Waals surface area contributed by atoms with Crippen LogP contribution in [0.1, 0.15) is 40.0 Å². The summed E-state index contributed by atoms with van der Waals surface area (Å²) >= 11 is 0. The lowest BCUT2D eigenvalue weighted by atomic mass is 9.96. The first kappa shape index (κ1) is 16.2. The smallest absolute Gasteiger partial charge is 0.331 e. The van der Waals surface area contributed by atoms with E-state index in [1.54, 1.807) is 13.0 Å². The molecule has 0 bridgehead atoms. The van der Waals surface area contributed by atoms with Gasteiger partial charge in [0.05, 0.1) is 13.7 Å². The first-order chi connectivity index (χ1) is 9.55. The molecule has 0 fully saturated rings. The zero-order chi connectivity index (χ0) is 15.0. The van der Waals surface area contributed by atoms with Gasteiger partial charge in [0.1, 0.15) is 17.7 Å². The molecule has 0 aromatic carbocycles. The molecule has 0 aliphatic heterocycles. The molecular weight excluding hydrogens is 258 g/mol. The number of esters is 1. The molecule has 1 rings (SSSR count). The maximum Gasteiger partial charge on any atom is 0.331 e. The van der Waals surface area contributed by atoms with E-state index >= 15 is 0 Å². The van der Waals surface area contributed by atoms with Crippen LogP contribution in [0.25, 0.3) is 0 Å². The van der Waals surface area contributed by atoms with E-state index in [0.29, 0.717) is 24.7 Å². The molecule has 0 saturated heterocycles. The van der Waals surface area contributed by atoms with Crippen LogP contribution in [0, 0.1) is 0 Å². The molecule has 0 aliphatic rings. The average molecular weight is 281 g/mol. The van der Waals surface area contributed by atoms with Crippen molar-refractivity contribution in [1.82, 2.24) is 9.97 Å². The Morgan fingerprint density at radius 2 is 2.10 bits per heavy atom. The minimum absolute atomic E-state index is 0.311. The van der Waals surface area contributed by atoms with Crippen molar-refractivity contribution in [3.63, 3.8) is 0 Å². The average Bonchev–Trinajstić information content (AvgIpc) is 2.44. The number of aromatic nitrogens is 2. The molecule has 0 aliphatic carbocycles. The Balaban J connectivity index is 2.85. The van der Waals surface area contributed by atoms with Gasteiger partial charge in [-0.1, -0.05) is 20.3 Å². The Kier molecular flexibility index (Phi) is 6.21. The first-order valence-electron chi connectivity index (χ1n) is 6.87. The molecule has 1 atom stereocenters. The number of carbonyl (C=O) groups excluding carboxylic acids is 1. The fraction of sp³-hybridized carbons (Fsp3) is 0.643. The summed E-state index contributed by atoms with van der Waals surface area (Å²) in [4.78, 5) is 20.1. The molecular formula is C14H23N3O3. The Morgan fingerprint density at radius 3 is 2.70 bits per heavy atom. The number of methoxy groups -OCH3 is 1. The predicted octanol–water partition coefficient (Wildman–Crippen LogP) is 2.41. The van der Waals surface area contributed by atoms with Crippen molar-refractivity contribution >= 4 is 11.8 Å². The molecule has 20 heavy (non-hydrogen) atoms. The third kappa shape index (κ3) is 4.36. The highest BCUT2D eigenvalue weighted by molar-refractivity contribution is 5.83. The summed E-state index contributed by atoms with van der Waals surface area (Å²) in [7, 11) is 1.38. The van der Waals surface area contributed by atoms with Gasteiger partial charge < -0.3 is 14.8 Å². The van der Waals surface area contributed by atoms with Gasteiger partial charge in [-0.15, -0.1) is 0 Å². The number of nitrogens with zero attached hydrogens (tertiary/aromatic N) is 2. The van der Waals surface area contributed by atoms with Crippen LogP contribution in [0.3, 0.4) is 0 Å². The Hall–Kier alpha value is -1.85. The van der Waals surface area contributed by atoms with Crippen LogP contribution in [0.15, 0.2) is 12.4 Å². The van der Waals surface area contributed by atoms with Crippen LogP contribution in [-0.2, 0) is 9.53 Å². The zero-order valence-corrected chi connectivity index (χ0v) is 12.6. The molecule has 0 spiro atoms. The van der Waals surface area contributed by atoms with Crippen LogP contribution >= 0.6 is 0 Å². The number of anilines is 1. The second-order valence-electron chi connectivity index (χ2n) is 4.79. The van der Waals surface area contributed by atoms with Crippen LogP contribution < -0.4 is 10.1 Å². The van der Waals surface area contributed by atoms with Gasteiger partial charge in [-0.05, 0) is 19.8 Å². The summed E-state index contributed by atoms with van der Waals surface area (Å²) in [5.41, 5.74) is -0.806. The molecule has 1 aromatic heterocycles. The van der Waals surface area contributed by atoms with E-state index < -0.39 is 5.54 Å². The Morgan fingerprint density at radius 1 is 1.35 bits per heavy atom. The normalized spacial score (nSPS) is 13.4. The highest BCUT2D eigenvalue weighted by Crippen LogP contribution is 2.22. The standard InChI is InChI=1S/C14H23N3O3/c1-5-7-14(3,13(18)19-4)17-11-9-12(16-10-15-11)20-8-6-2/h9-10H,5-8H2,1-4H3,(H,15,16,17).